The monoisotopic (exact) mass is 218 g/mol. The van der Waals surface area contributed by atoms with Gasteiger partial charge in [-0.15, -0.1) is 0 Å². The first kappa shape index (κ1) is 11.3. The number of nitrogens with two attached hydrogens (primary N) is 1. The van der Waals surface area contributed by atoms with Gasteiger partial charge in [-0.2, -0.15) is 0 Å². The van der Waals surface area contributed by atoms with Gasteiger partial charge in [-0.05, 0) is 56.4 Å². The highest BCUT2D eigenvalue weighted by Gasteiger charge is 2.20. The van der Waals surface area contributed by atoms with Gasteiger partial charge in [-0.1, -0.05) is 6.92 Å². The Morgan fingerprint density at radius 3 is 2.88 bits per heavy atom. The van der Waals surface area contributed by atoms with Gasteiger partial charge in [-0.3, -0.25) is 0 Å². The van der Waals surface area contributed by atoms with E-state index in [4.69, 9.17) is 5.73 Å². The Hall–Kier alpha value is -1.18. The van der Waals surface area contributed by atoms with E-state index in [-0.39, 0.29) is 0 Å². The van der Waals surface area contributed by atoms with E-state index in [0.717, 1.165) is 12.1 Å². The van der Waals surface area contributed by atoms with Crippen LogP contribution < -0.4 is 10.6 Å². The van der Waals surface area contributed by atoms with Crippen LogP contribution in [0.5, 0.6) is 0 Å². The zero-order valence-corrected chi connectivity index (χ0v) is 10.4. The topological polar surface area (TPSA) is 29.3 Å². The van der Waals surface area contributed by atoms with Crippen molar-refractivity contribution < 1.29 is 0 Å². The normalized spacial score (nSPS) is 21.1. The molecule has 1 aliphatic heterocycles. The van der Waals surface area contributed by atoms with Gasteiger partial charge in [0.2, 0.25) is 0 Å². The largest absolute Gasteiger partial charge is 0.399 e. The van der Waals surface area contributed by atoms with Crippen LogP contribution in [0, 0.1) is 0 Å². The number of nitrogen functional groups attached to an aromatic ring is 1. The Morgan fingerprint density at radius 1 is 1.38 bits per heavy atom. The predicted molar refractivity (Wildman–Crippen MR) is 70.9 cm³/mol. The molecule has 1 aliphatic rings. The fraction of sp³-hybridized carbons (Fsp3) is 0.571. The summed E-state index contributed by atoms with van der Waals surface area (Å²) in [6.07, 6.45) is 5.06. The number of hydrogen-bond donors (Lipinski definition) is 1. The van der Waals surface area contributed by atoms with E-state index in [0.29, 0.717) is 6.04 Å². The Balaban J connectivity index is 2.30. The van der Waals surface area contributed by atoms with Gasteiger partial charge in [0.1, 0.15) is 0 Å². The second kappa shape index (κ2) is 4.77. The van der Waals surface area contributed by atoms with Gasteiger partial charge in [0.15, 0.2) is 0 Å². The van der Waals surface area contributed by atoms with Gasteiger partial charge in [0.05, 0.1) is 0 Å². The average molecular weight is 218 g/mol. The van der Waals surface area contributed by atoms with Crippen molar-refractivity contribution in [2.75, 3.05) is 17.2 Å². The molecule has 1 fully saturated rings. The molecule has 0 aliphatic carbocycles. The zero-order chi connectivity index (χ0) is 11.5. The second-order valence-corrected chi connectivity index (χ2v) is 4.78. The lowest BCUT2D eigenvalue weighted by Crippen LogP contribution is -2.38. The van der Waals surface area contributed by atoms with Crippen molar-refractivity contribution in [3.05, 3.63) is 23.8 Å². The van der Waals surface area contributed by atoms with Crippen molar-refractivity contribution in [2.45, 2.75) is 45.6 Å². The van der Waals surface area contributed by atoms with Crippen LogP contribution >= 0.6 is 0 Å². The third-order valence-corrected chi connectivity index (χ3v) is 3.60. The zero-order valence-electron chi connectivity index (χ0n) is 10.4. The smallest absolute Gasteiger partial charge is 0.0402 e. The lowest BCUT2D eigenvalue weighted by atomic mass is 10.00. The minimum atomic E-state index is 0.669. The van der Waals surface area contributed by atoms with Gasteiger partial charge >= 0.3 is 0 Å². The molecule has 0 bridgehead atoms. The Morgan fingerprint density at radius 2 is 2.19 bits per heavy atom. The molecule has 0 saturated carbocycles. The van der Waals surface area contributed by atoms with E-state index in [1.165, 1.54) is 37.1 Å². The summed E-state index contributed by atoms with van der Waals surface area (Å²) in [7, 11) is 0. The Labute approximate surface area is 98.4 Å². The number of hydrogen-bond acceptors (Lipinski definition) is 2. The van der Waals surface area contributed by atoms with Crippen LogP contribution in [0.3, 0.4) is 0 Å². The van der Waals surface area contributed by atoms with E-state index in [9.17, 15) is 0 Å². The van der Waals surface area contributed by atoms with Crippen LogP contribution in [0.2, 0.25) is 0 Å². The summed E-state index contributed by atoms with van der Waals surface area (Å²) in [5.41, 5.74) is 9.50. The molecule has 2 rings (SSSR count). The highest BCUT2D eigenvalue weighted by Crippen LogP contribution is 2.29. The summed E-state index contributed by atoms with van der Waals surface area (Å²) >= 11 is 0. The molecule has 1 atom stereocenters. The lowest BCUT2D eigenvalue weighted by molar-refractivity contribution is 0.484. The molecule has 0 aromatic heterocycles. The standard InChI is InChI=1S/C14H22N2/c1-3-12-10-13(15)7-8-14(12)16-9-5-4-6-11(16)2/h7-8,10-11H,3-6,9,15H2,1-2H3/t11-/m1/s1. The van der Waals surface area contributed by atoms with E-state index >= 15 is 0 Å². The van der Waals surface area contributed by atoms with Crippen LogP contribution in [-0.4, -0.2) is 12.6 Å². The molecule has 1 heterocycles. The van der Waals surface area contributed by atoms with Gasteiger partial charge in [0.25, 0.3) is 0 Å². The summed E-state index contributed by atoms with van der Waals surface area (Å²) in [6.45, 7) is 5.72. The van der Waals surface area contributed by atoms with E-state index in [2.05, 4.69) is 30.9 Å². The second-order valence-electron chi connectivity index (χ2n) is 4.78. The molecule has 1 saturated heterocycles. The Kier molecular flexibility index (Phi) is 3.37. The van der Waals surface area contributed by atoms with Gasteiger partial charge in [-0.25, -0.2) is 0 Å². The van der Waals surface area contributed by atoms with Crippen molar-refractivity contribution in [1.29, 1.82) is 0 Å². The van der Waals surface area contributed by atoms with Crippen molar-refractivity contribution >= 4 is 11.4 Å². The molecule has 16 heavy (non-hydrogen) atoms. The van der Waals surface area contributed by atoms with Crippen LogP contribution in [0.1, 0.15) is 38.7 Å². The predicted octanol–water partition coefficient (Wildman–Crippen LogP) is 3.21. The van der Waals surface area contributed by atoms with Crippen molar-refractivity contribution in [2.24, 2.45) is 0 Å². The van der Waals surface area contributed by atoms with Crippen molar-refractivity contribution in [3.63, 3.8) is 0 Å². The summed E-state index contributed by atoms with van der Waals surface area (Å²) in [5, 5.41) is 0. The first-order valence-electron chi connectivity index (χ1n) is 6.37. The number of aryl methyl sites for hydroxylation is 1. The van der Waals surface area contributed by atoms with Crippen LogP contribution in [-0.2, 0) is 6.42 Å². The first-order valence-corrected chi connectivity index (χ1v) is 6.37. The fourth-order valence-corrected chi connectivity index (χ4v) is 2.62. The molecule has 0 spiro atoms. The molecule has 2 heteroatoms. The molecule has 1 aromatic carbocycles. The maximum atomic E-state index is 5.85. The molecule has 88 valence electrons. The maximum absolute atomic E-state index is 5.85. The summed E-state index contributed by atoms with van der Waals surface area (Å²) in [5.74, 6) is 0. The molecule has 1 aromatic rings. The highest BCUT2D eigenvalue weighted by atomic mass is 15.2. The number of piperidine rings is 1. The third-order valence-electron chi connectivity index (χ3n) is 3.60. The highest BCUT2D eigenvalue weighted by molar-refractivity contribution is 5.60. The SMILES string of the molecule is CCc1cc(N)ccc1N1CCCC[C@H]1C. The van der Waals surface area contributed by atoms with E-state index in [1.54, 1.807) is 0 Å². The quantitative estimate of drug-likeness (QED) is 0.772. The maximum Gasteiger partial charge on any atom is 0.0402 e. The van der Waals surface area contributed by atoms with E-state index < -0.39 is 0 Å². The summed E-state index contributed by atoms with van der Waals surface area (Å²) in [4.78, 5) is 2.54. The molecular weight excluding hydrogens is 196 g/mol. The number of benzene rings is 1. The molecular formula is C14H22N2. The molecule has 2 nitrogen and oxygen atoms in total. The van der Waals surface area contributed by atoms with Crippen molar-refractivity contribution in [3.8, 4) is 0 Å². The van der Waals surface area contributed by atoms with Crippen LogP contribution in [0.25, 0.3) is 0 Å². The molecule has 2 N–H and O–H groups in total. The van der Waals surface area contributed by atoms with E-state index in [1.807, 2.05) is 6.07 Å². The average Bonchev–Trinajstić information content (AvgIpc) is 2.30. The van der Waals surface area contributed by atoms with Gasteiger partial charge in [0, 0.05) is 24.0 Å². The summed E-state index contributed by atoms with van der Waals surface area (Å²) in [6, 6.07) is 7.00. The number of rotatable bonds is 2. The van der Waals surface area contributed by atoms with Crippen molar-refractivity contribution in [1.82, 2.24) is 0 Å². The summed E-state index contributed by atoms with van der Waals surface area (Å²) < 4.78 is 0. The number of anilines is 2. The lowest BCUT2D eigenvalue weighted by Gasteiger charge is -2.36. The van der Waals surface area contributed by atoms with Gasteiger partial charge < -0.3 is 10.6 Å². The minimum absolute atomic E-state index is 0.669. The third kappa shape index (κ3) is 2.16. The Bertz CT molecular complexity index is 360. The molecule has 0 amide bonds. The molecule has 0 unspecified atom stereocenters. The van der Waals surface area contributed by atoms with Crippen LogP contribution in [0.15, 0.2) is 18.2 Å². The first-order chi connectivity index (χ1) is 7.72. The fourth-order valence-electron chi connectivity index (χ4n) is 2.62. The molecule has 0 radical (unpaired) electrons. The minimum Gasteiger partial charge on any atom is -0.399 e. The number of nitrogens with zero attached hydrogens (tertiary/aromatic N) is 1. The van der Waals surface area contributed by atoms with Crippen LogP contribution in [0.4, 0.5) is 11.4 Å².